The lowest BCUT2D eigenvalue weighted by atomic mass is 10.1. The van der Waals surface area contributed by atoms with Gasteiger partial charge in [-0.05, 0) is 7.05 Å². The van der Waals surface area contributed by atoms with Crippen molar-refractivity contribution in [1.29, 1.82) is 0 Å². The summed E-state index contributed by atoms with van der Waals surface area (Å²) in [4.78, 5) is 38.5. The van der Waals surface area contributed by atoms with Gasteiger partial charge in [0.25, 0.3) is 0 Å². The van der Waals surface area contributed by atoms with Gasteiger partial charge in [0, 0.05) is 38.0 Å². The molecule has 0 radical (unpaired) electrons. The number of hydrogen-bond acceptors (Lipinski definition) is 5. The van der Waals surface area contributed by atoms with Crippen LogP contribution in [0.3, 0.4) is 0 Å². The molecule has 0 aromatic heterocycles. The zero-order chi connectivity index (χ0) is 18.2. The molecule has 1 heterocycles. The lowest BCUT2D eigenvalue weighted by molar-refractivity contribution is -0.142. The Morgan fingerprint density at radius 3 is 2.64 bits per heavy atom. The number of Topliss-reactive ketones (excluding diaryl/α,β-unsaturated/α-hetero) is 1. The molecule has 1 saturated heterocycles. The standard InChI is InChI=1S/C18H24N2O5/c1-19(13-18(23)24)11-15-12-20(9-10-25-15)17(22)8-7-16(21)14-5-3-2-4-6-14/h2-6,15H,7-13H2,1H3,(H,23,24). The second-order valence-corrected chi connectivity index (χ2v) is 6.21. The molecule has 1 N–H and O–H groups in total. The molecule has 136 valence electrons. The number of rotatable bonds is 8. The van der Waals surface area contributed by atoms with Crippen molar-refractivity contribution in [3.63, 3.8) is 0 Å². The van der Waals surface area contributed by atoms with E-state index in [0.29, 0.717) is 31.8 Å². The predicted molar refractivity (Wildman–Crippen MR) is 91.5 cm³/mol. The van der Waals surface area contributed by atoms with Gasteiger partial charge < -0.3 is 14.7 Å². The molecule has 2 rings (SSSR count). The highest BCUT2D eigenvalue weighted by Crippen LogP contribution is 2.11. The highest BCUT2D eigenvalue weighted by atomic mass is 16.5. The normalized spacial score (nSPS) is 17.5. The van der Waals surface area contributed by atoms with Gasteiger partial charge in [0.05, 0.1) is 19.3 Å². The van der Waals surface area contributed by atoms with Crippen molar-refractivity contribution in [2.24, 2.45) is 0 Å². The average Bonchev–Trinajstić information content (AvgIpc) is 2.59. The number of nitrogens with zero attached hydrogens (tertiary/aromatic N) is 2. The average molecular weight is 348 g/mol. The van der Waals surface area contributed by atoms with Gasteiger partial charge >= 0.3 is 5.97 Å². The number of carboxylic acid groups (broad SMARTS) is 1. The first-order valence-electron chi connectivity index (χ1n) is 8.33. The lowest BCUT2D eigenvalue weighted by Crippen LogP contribution is -2.49. The number of carbonyl (C=O) groups is 3. The molecule has 1 amide bonds. The molecular formula is C18H24N2O5. The minimum Gasteiger partial charge on any atom is -0.480 e. The highest BCUT2D eigenvalue weighted by molar-refractivity contribution is 5.97. The number of aliphatic carboxylic acids is 1. The molecule has 0 aliphatic carbocycles. The lowest BCUT2D eigenvalue weighted by Gasteiger charge is -2.34. The first kappa shape index (κ1) is 19.1. The van der Waals surface area contributed by atoms with Crippen LogP contribution >= 0.6 is 0 Å². The van der Waals surface area contributed by atoms with Crippen molar-refractivity contribution < 1.29 is 24.2 Å². The summed E-state index contributed by atoms with van der Waals surface area (Å²) in [5.74, 6) is -1.01. The number of carboxylic acids is 1. The Bertz CT molecular complexity index is 605. The van der Waals surface area contributed by atoms with Gasteiger partial charge in [0.15, 0.2) is 5.78 Å². The van der Waals surface area contributed by atoms with Crippen molar-refractivity contribution in [1.82, 2.24) is 9.80 Å². The van der Waals surface area contributed by atoms with E-state index < -0.39 is 5.97 Å². The van der Waals surface area contributed by atoms with E-state index in [1.807, 2.05) is 6.07 Å². The molecule has 25 heavy (non-hydrogen) atoms. The van der Waals surface area contributed by atoms with Gasteiger partial charge in [-0.15, -0.1) is 0 Å². The third kappa shape index (κ3) is 6.28. The third-order valence-electron chi connectivity index (χ3n) is 4.07. The van der Waals surface area contributed by atoms with Crippen molar-refractivity contribution in [3.8, 4) is 0 Å². The number of ether oxygens (including phenoxy) is 1. The molecule has 7 heteroatoms. The number of benzene rings is 1. The van der Waals surface area contributed by atoms with Gasteiger partial charge in [-0.3, -0.25) is 19.3 Å². The Morgan fingerprint density at radius 2 is 1.96 bits per heavy atom. The Morgan fingerprint density at radius 1 is 1.24 bits per heavy atom. The van der Waals surface area contributed by atoms with Crippen LogP contribution in [0.5, 0.6) is 0 Å². The van der Waals surface area contributed by atoms with Crippen molar-refractivity contribution >= 4 is 17.7 Å². The number of morpholine rings is 1. The second kappa shape index (κ2) is 9.29. The summed E-state index contributed by atoms with van der Waals surface area (Å²) >= 11 is 0. The number of likely N-dealkylation sites (N-methyl/N-ethyl adjacent to an activating group) is 1. The summed E-state index contributed by atoms with van der Waals surface area (Å²) in [6.45, 7) is 1.71. The third-order valence-corrected chi connectivity index (χ3v) is 4.07. The van der Waals surface area contributed by atoms with Crippen LogP contribution in [0.1, 0.15) is 23.2 Å². The molecule has 0 saturated carbocycles. The molecular weight excluding hydrogens is 324 g/mol. The molecule has 1 aliphatic heterocycles. The Hall–Kier alpha value is -2.25. The summed E-state index contributed by atoms with van der Waals surface area (Å²) < 4.78 is 5.61. The molecule has 1 unspecified atom stereocenters. The van der Waals surface area contributed by atoms with Crippen LogP contribution in [0, 0.1) is 0 Å². The minimum atomic E-state index is -0.898. The fourth-order valence-corrected chi connectivity index (χ4v) is 2.85. The van der Waals surface area contributed by atoms with Crippen LogP contribution in [-0.4, -0.2) is 78.5 Å². The number of carbonyl (C=O) groups excluding carboxylic acids is 2. The Balaban J connectivity index is 1.79. The van der Waals surface area contributed by atoms with E-state index in [4.69, 9.17) is 9.84 Å². The van der Waals surface area contributed by atoms with E-state index in [9.17, 15) is 14.4 Å². The number of hydrogen-bond donors (Lipinski definition) is 1. The van der Waals surface area contributed by atoms with Crippen LogP contribution in [-0.2, 0) is 14.3 Å². The summed E-state index contributed by atoms with van der Waals surface area (Å²) in [6.07, 6.45) is 0.140. The molecule has 1 aliphatic rings. The van der Waals surface area contributed by atoms with E-state index in [1.165, 1.54) is 0 Å². The quantitative estimate of drug-likeness (QED) is 0.702. The molecule has 1 aromatic rings. The summed E-state index contributed by atoms with van der Waals surface area (Å²) in [5.41, 5.74) is 0.616. The fourth-order valence-electron chi connectivity index (χ4n) is 2.85. The SMILES string of the molecule is CN(CC(=O)O)CC1CN(C(=O)CCC(=O)c2ccccc2)CCO1. The predicted octanol–water partition coefficient (Wildman–Crippen LogP) is 0.893. The largest absolute Gasteiger partial charge is 0.480 e. The number of ketones is 1. The van der Waals surface area contributed by atoms with Gasteiger partial charge in [-0.2, -0.15) is 0 Å². The van der Waals surface area contributed by atoms with E-state index >= 15 is 0 Å². The summed E-state index contributed by atoms with van der Waals surface area (Å²) in [5, 5.41) is 8.79. The first-order valence-corrected chi connectivity index (χ1v) is 8.33. The smallest absolute Gasteiger partial charge is 0.317 e. The maximum atomic E-state index is 12.4. The van der Waals surface area contributed by atoms with Crippen LogP contribution in [0.4, 0.5) is 0 Å². The van der Waals surface area contributed by atoms with E-state index in [-0.39, 0.29) is 37.2 Å². The van der Waals surface area contributed by atoms with Gasteiger partial charge in [0.2, 0.25) is 5.91 Å². The molecule has 0 spiro atoms. The first-order chi connectivity index (χ1) is 12.0. The zero-order valence-electron chi connectivity index (χ0n) is 14.4. The second-order valence-electron chi connectivity index (χ2n) is 6.21. The van der Waals surface area contributed by atoms with Gasteiger partial charge in [-0.25, -0.2) is 0 Å². The van der Waals surface area contributed by atoms with E-state index in [2.05, 4.69) is 0 Å². The Labute approximate surface area is 147 Å². The zero-order valence-corrected chi connectivity index (χ0v) is 14.4. The van der Waals surface area contributed by atoms with Gasteiger partial charge in [0.1, 0.15) is 0 Å². The van der Waals surface area contributed by atoms with E-state index in [0.717, 1.165) is 0 Å². The molecule has 0 bridgehead atoms. The topological polar surface area (TPSA) is 87.2 Å². The van der Waals surface area contributed by atoms with Crippen molar-refractivity contribution in [2.75, 3.05) is 39.8 Å². The van der Waals surface area contributed by atoms with Gasteiger partial charge in [-0.1, -0.05) is 30.3 Å². The van der Waals surface area contributed by atoms with Crippen LogP contribution in [0.15, 0.2) is 30.3 Å². The molecule has 1 aromatic carbocycles. The summed E-state index contributed by atoms with van der Waals surface area (Å²) in [6, 6.07) is 8.94. The van der Waals surface area contributed by atoms with Crippen LogP contribution in [0.25, 0.3) is 0 Å². The summed E-state index contributed by atoms with van der Waals surface area (Å²) in [7, 11) is 1.71. The molecule has 1 atom stereocenters. The van der Waals surface area contributed by atoms with Crippen LogP contribution in [0.2, 0.25) is 0 Å². The maximum Gasteiger partial charge on any atom is 0.317 e. The van der Waals surface area contributed by atoms with Crippen molar-refractivity contribution in [3.05, 3.63) is 35.9 Å². The number of amides is 1. The fraction of sp³-hybridized carbons (Fsp3) is 0.500. The van der Waals surface area contributed by atoms with Crippen molar-refractivity contribution in [2.45, 2.75) is 18.9 Å². The monoisotopic (exact) mass is 348 g/mol. The molecule has 7 nitrogen and oxygen atoms in total. The Kier molecular flexibility index (Phi) is 7.09. The maximum absolute atomic E-state index is 12.4. The molecule has 1 fully saturated rings. The minimum absolute atomic E-state index is 0.0417. The van der Waals surface area contributed by atoms with Crippen LogP contribution < -0.4 is 0 Å². The highest BCUT2D eigenvalue weighted by Gasteiger charge is 2.25. The van der Waals surface area contributed by atoms with E-state index in [1.54, 1.807) is 41.1 Å².